The van der Waals surface area contributed by atoms with Gasteiger partial charge >= 0.3 is 0 Å². The summed E-state index contributed by atoms with van der Waals surface area (Å²) < 4.78 is 0. The van der Waals surface area contributed by atoms with Gasteiger partial charge in [-0.2, -0.15) is 5.10 Å². The Balaban J connectivity index is 1.75. The minimum absolute atomic E-state index is 0.273. The van der Waals surface area contributed by atoms with Crippen LogP contribution in [0.25, 0.3) is 0 Å². The lowest BCUT2D eigenvalue weighted by atomic mass is 9.96. The molecule has 0 radical (unpaired) electrons. The molecule has 23 heavy (non-hydrogen) atoms. The van der Waals surface area contributed by atoms with E-state index in [-0.39, 0.29) is 6.04 Å². The predicted molar refractivity (Wildman–Crippen MR) is 98.5 cm³/mol. The minimum atomic E-state index is 0.273. The summed E-state index contributed by atoms with van der Waals surface area (Å²) in [5.41, 5.74) is 10.6. The molecule has 1 unspecified atom stereocenters. The number of hydrazone groups is 1. The van der Waals surface area contributed by atoms with E-state index >= 15 is 0 Å². The highest BCUT2D eigenvalue weighted by Crippen LogP contribution is 2.32. The van der Waals surface area contributed by atoms with Crippen LogP contribution in [-0.4, -0.2) is 5.71 Å². The molecule has 1 saturated carbocycles. The molecule has 0 bridgehead atoms. The summed E-state index contributed by atoms with van der Waals surface area (Å²) in [5.74, 6) is 0. The smallest absolute Gasteiger partial charge is 0.0726 e. The van der Waals surface area contributed by atoms with Gasteiger partial charge in [-0.15, -0.1) is 0 Å². The van der Waals surface area contributed by atoms with Crippen LogP contribution in [-0.2, 0) is 0 Å². The van der Waals surface area contributed by atoms with Gasteiger partial charge in [0, 0.05) is 5.71 Å². The van der Waals surface area contributed by atoms with Crippen molar-refractivity contribution in [1.82, 2.24) is 5.43 Å². The fourth-order valence-electron chi connectivity index (χ4n) is 3.51. The summed E-state index contributed by atoms with van der Waals surface area (Å²) in [6.07, 6.45) is 10.8. The van der Waals surface area contributed by atoms with Crippen LogP contribution in [0.3, 0.4) is 0 Å². The molecule has 122 valence electrons. The number of benzene rings is 1. The summed E-state index contributed by atoms with van der Waals surface area (Å²) in [4.78, 5) is 0. The minimum Gasteiger partial charge on any atom is -0.302 e. The van der Waals surface area contributed by atoms with E-state index in [1.165, 1.54) is 41.7 Å². The number of nitrogens with zero attached hydrogens (tertiary/aromatic N) is 1. The lowest BCUT2D eigenvalue weighted by Crippen LogP contribution is -2.20. The fraction of sp³-hybridized carbons (Fsp3) is 0.476. The van der Waals surface area contributed by atoms with Gasteiger partial charge < -0.3 is 5.43 Å². The van der Waals surface area contributed by atoms with Gasteiger partial charge in [0.15, 0.2) is 0 Å². The second-order valence-corrected chi connectivity index (χ2v) is 6.85. The third-order valence-corrected chi connectivity index (χ3v) is 5.24. The first kappa shape index (κ1) is 16.0. The topological polar surface area (TPSA) is 24.4 Å². The Morgan fingerprint density at radius 3 is 2.43 bits per heavy atom. The van der Waals surface area contributed by atoms with Crippen LogP contribution < -0.4 is 5.43 Å². The molecule has 3 rings (SSSR count). The molecule has 2 aliphatic carbocycles. The molecule has 2 nitrogen and oxygen atoms in total. The molecule has 0 heterocycles. The zero-order valence-electron chi connectivity index (χ0n) is 14.4. The first-order valence-electron chi connectivity index (χ1n) is 8.95. The largest absolute Gasteiger partial charge is 0.302 e. The van der Waals surface area contributed by atoms with Crippen LogP contribution in [0.1, 0.15) is 70.4 Å². The summed E-state index contributed by atoms with van der Waals surface area (Å²) in [6, 6.07) is 11.0. The first-order chi connectivity index (χ1) is 11.2. The highest BCUT2D eigenvalue weighted by atomic mass is 15.3. The molecule has 0 aromatic heterocycles. The zero-order valence-corrected chi connectivity index (χ0v) is 14.4. The lowest BCUT2D eigenvalue weighted by Gasteiger charge is -2.21. The van der Waals surface area contributed by atoms with Gasteiger partial charge in [0.2, 0.25) is 0 Å². The third-order valence-electron chi connectivity index (χ3n) is 5.24. The summed E-state index contributed by atoms with van der Waals surface area (Å²) in [6.45, 7) is 4.47. The van der Waals surface area contributed by atoms with Crippen molar-refractivity contribution in [3.05, 3.63) is 58.7 Å². The van der Waals surface area contributed by atoms with Crippen molar-refractivity contribution in [3.8, 4) is 0 Å². The maximum atomic E-state index is 4.77. The summed E-state index contributed by atoms with van der Waals surface area (Å²) >= 11 is 0. The standard InChI is InChI=1S/C21H28N2/c1-16-13-14-19(17(16)2)15-21(18-9-5-3-6-10-18)23-22-20-11-7-4-8-12-20/h3,5-6,9-10,13,21,23H,4,7-8,11-12,14-15H2,1-2H3. The Labute approximate surface area is 140 Å². The van der Waals surface area contributed by atoms with Crippen LogP contribution in [0.4, 0.5) is 0 Å². The first-order valence-corrected chi connectivity index (χ1v) is 8.95. The number of hydrogen-bond donors (Lipinski definition) is 1. The molecule has 1 fully saturated rings. The lowest BCUT2D eigenvalue weighted by molar-refractivity contribution is 0.540. The highest BCUT2D eigenvalue weighted by Gasteiger charge is 2.18. The molecule has 0 aliphatic heterocycles. The van der Waals surface area contributed by atoms with Gasteiger partial charge in [0.05, 0.1) is 6.04 Å². The molecule has 1 atom stereocenters. The Hall–Kier alpha value is -1.83. The molecular weight excluding hydrogens is 280 g/mol. The molecule has 1 N–H and O–H groups in total. The average molecular weight is 308 g/mol. The van der Waals surface area contributed by atoms with Gasteiger partial charge in [0.1, 0.15) is 0 Å². The van der Waals surface area contributed by atoms with Crippen molar-refractivity contribution in [2.45, 2.75) is 64.8 Å². The van der Waals surface area contributed by atoms with E-state index in [4.69, 9.17) is 5.10 Å². The second-order valence-electron chi connectivity index (χ2n) is 6.85. The number of allylic oxidation sites excluding steroid dienone is 3. The quantitative estimate of drug-likeness (QED) is 0.694. The molecule has 1 aromatic rings. The Bertz CT molecular complexity index is 615. The van der Waals surface area contributed by atoms with E-state index < -0.39 is 0 Å². The van der Waals surface area contributed by atoms with Crippen LogP contribution in [0, 0.1) is 0 Å². The van der Waals surface area contributed by atoms with Gasteiger partial charge in [-0.3, -0.25) is 0 Å². The molecule has 0 saturated heterocycles. The molecular formula is C21H28N2. The van der Waals surface area contributed by atoms with Gasteiger partial charge in [-0.05, 0) is 63.5 Å². The van der Waals surface area contributed by atoms with Gasteiger partial charge in [-0.1, -0.05) is 54.0 Å². The molecule has 2 heteroatoms. The Morgan fingerprint density at radius 1 is 1.04 bits per heavy atom. The normalized spacial score (nSPS) is 19.6. The van der Waals surface area contributed by atoms with Crippen LogP contribution in [0.15, 0.2) is 58.2 Å². The van der Waals surface area contributed by atoms with Gasteiger partial charge in [-0.25, -0.2) is 0 Å². The van der Waals surface area contributed by atoms with Crippen LogP contribution >= 0.6 is 0 Å². The number of rotatable bonds is 5. The Morgan fingerprint density at radius 2 is 1.78 bits per heavy atom. The highest BCUT2D eigenvalue weighted by molar-refractivity contribution is 5.84. The van der Waals surface area contributed by atoms with Crippen molar-refractivity contribution in [1.29, 1.82) is 0 Å². The fourth-order valence-corrected chi connectivity index (χ4v) is 3.51. The molecule has 0 amide bonds. The van der Waals surface area contributed by atoms with E-state index in [9.17, 15) is 0 Å². The van der Waals surface area contributed by atoms with E-state index in [0.717, 1.165) is 25.7 Å². The van der Waals surface area contributed by atoms with Crippen LogP contribution in [0.2, 0.25) is 0 Å². The molecule has 1 aromatic carbocycles. The third kappa shape index (κ3) is 4.13. The monoisotopic (exact) mass is 308 g/mol. The zero-order chi connectivity index (χ0) is 16.1. The molecule has 2 aliphatic rings. The van der Waals surface area contributed by atoms with Crippen molar-refractivity contribution < 1.29 is 0 Å². The van der Waals surface area contributed by atoms with Crippen molar-refractivity contribution in [3.63, 3.8) is 0 Å². The van der Waals surface area contributed by atoms with E-state index in [1.54, 1.807) is 5.57 Å². The predicted octanol–water partition coefficient (Wildman–Crippen LogP) is 5.69. The Kier molecular flexibility index (Phi) is 5.32. The van der Waals surface area contributed by atoms with E-state index in [1.807, 2.05) is 0 Å². The van der Waals surface area contributed by atoms with E-state index in [0.29, 0.717) is 0 Å². The van der Waals surface area contributed by atoms with Crippen molar-refractivity contribution >= 4 is 5.71 Å². The molecule has 0 spiro atoms. The average Bonchev–Trinajstić information content (AvgIpc) is 2.92. The maximum Gasteiger partial charge on any atom is 0.0726 e. The van der Waals surface area contributed by atoms with Crippen molar-refractivity contribution in [2.24, 2.45) is 5.10 Å². The van der Waals surface area contributed by atoms with Gasteiger partial charge in [0.25, 0.3) is 0 Å². The van der Waals surface area contributed by atoms with Crippen LogP contribution in [0.5, 0.6) is 0 Å². The van der Waals surface area contributed by atoms with E-state index in [2.05, 4.69) is 55.7 Å². The number of nitrogens with one attached hydrogen (secondary N) is 1. The summed E-state index contributed by atoms with van der Waals surface area (Å²) in [5, 5.41) is 4.77. The number of hydrogen-bond acceptors (Lipinski definition) is 2. The summed E-state index contributed by atoms with van der Waals surface area (Å²) in [7, 11) is 0. The SMILES string of the molecule is CC1=CCC(CC(NN=C2CCCCC2)c2ccccc2)=C1C. The maximum absolute atomic E-state index is 4.77. The second kappa shape index (κ2) is 7.63. The van der Waals surface area contributed by atoms with Crippen molar-refractivity contribution in [2.75, 3.05) is 0 Å².